The topological polar surface area (TPSA) is 249 Å². The summed E-state index contributed by atoms with van der Waals surface area (Å²) in [6.07, 6.45) is 5.46. The first-order chi connectivity index (χ1) is 35.6. The minimum Gasteiger partial charge on any atom is -0.504 e. The van der Waals surface area contributed by atoms with Crippen molar-refractivity contribution in [3.63, 3.8) is 0 Å². The van der Waals surface area contributed by atoms with Gasteiger partial charge in [0.15, 0.2) is 17.3 Å². The van der Waals surface area contributed by atoms with Gasteiger partial charge in [0.1, 0.15) is 17.4 Å². The summed E-state index contributed by atoms with van der Waals surface area (Å²) in [5.41, 5.74) is 6.38. The number of aryl methyl sites for hydroxylation is 1. The number of Topliss-reactive ketones (excluding diaryl/α,β-unsaturated/α-hetero) is 1. The highest BCUT2D eigenvalue weighted by atomic mass is 32.2. The molecule has 0 bridgehead atoms. The monoisotopic (exact) mass is 999 g/mol. The number of carbonyl (C=O) groups excluding carboxylic acids is 4. The number of unbranched alkanes of at least 4 members (excludes halogenated alkanes) is 1. The Kier molecular flexibility index (Phi) is 15.7. The van der Waals surface area contributed by atoms with Crippen LogP contribution >= 0.6 is 11.8 Å². The molecule has 9 rings (SSSR count). The van der Waals surface area contributed by atoms with Crippen LogP contribution in [0.25, 0.3) is 6.08 Å². The highest BCUT2D eigenvalue weighted by Gasteiger charge is 2.28. The summed E-state index contributed by atoms with van der Waals surface area (Å²) in [5.74, 6) is 1.41. The number of ether oxygens (including phenoxy) is 1. The number of aliphatic imine (C=N–C) groups is 2. The van der Waals surface area contributed by atoms with Gasteiger partial charge in [-0.2, -0.15) is 0 Å². The Morgan fingerprint density at radius 2 is 1.38 bits per heavy atom. The standard InChI is InChI=1S/C53H53N13O6S/c1-2-43-47(68)46(73-51(43)59-37-8-4-3-5-9-37)27-33-10-19-45(44(67)26-33)72-25-7-6-24-66-32-42(64-65-66)31-58-50(69)36-28-40(62-52(70)60-38-15-11-34(12-16-38)48-54-20-21-55-48)30-41(29-36)63-53(71)61-39-17-13-35(14-18-39)49-56-22-23-57-49/h3-5,8-19,26-30,32,59,67H,2,6-7,20-25,31H2,1H3,(H,54,55)(H,56,57)(H,58,69)(H2,60,62,70)(H2,61,63,71)/b46-27-. The molecule has 0 spiro atoms. The van der Waals surface area contributed by atoms with Crippen molar-refractivity contribution in [2.45, 2.75) is 39.3 Å². The van der Waals surface area contributed by atoms with E-state index in [2.05, 4.69) is 62.8 Å². The maximum atomic E-state index is 13.6. The molecule has 20 heteroatoms. The number of benzene rings is 5. The number of amides is 5. The number of anilines is 5. The van der Waals surface area contributed by atoms with Crippen LogP contribution in [0.5, 0.6) is 11.5 Å². The second-order valence-electron chi connectivity index (χ2n) is 17.0. The Bertz CT molecular complexity index is 3030. The average molecular weight is 1000 g/mol. The van der Waals surface area contributed by atoms with E-state index >= 15 is 0 Å². The van der Waals surface area contributed by atoms with E-state index in [9.17, 15) is 24.3 Å². The average Bonchev–Trinajstić information content (AvgIpc) is 4.25. The molecule has 0 radical (unpaired) electrons. The van der Waals surface area contributed by atoms with Crippen molar-refractivity contribution in [2.24, 2.45) is 9.98 Å². The van der Waals surface area contributed by atoms with E-state index in [0.717, 1.165) is 52.2 Å². The van der Waals surface area contributed by atoms with E-state index < -0.39 is 18.0 Å². The molecule has 9 N–H and O–H groups in total. The summed E-state index contributed by atoms with van der Waals surface area (Å²) < 4.78 is 7.56. The number of amidine groups is 2. The van der Waals surface area contributed by atoms with Crippen LogP contribution in [-0.4, -0.2) is 88.3 Å². The van der Waals surface area contributed by atoms with Gasteiger partial charge in [-0.05, 0) is 122 Å². The van der Waals surface area contributed by atoms with Gasteiger partial charge in [0.05, 0.1) is 42.4 Å². The quantitative estimate of drug-likeness (QED) is 0.0276. The number of carbonyl (C=O) groups is 4. The number of allylic oxidation sites excluding steroid dienone is 2. The number of nitrogens with zero attached hydrogens (tertiary/aromatic N) is 5. The van der Waals surface area contributed by atoms with E-state index in [4.69, 9.17) is 4.74 Å². The normalized spacial score (nSPS) is 14.5. The van der Waals surface area contributed by atoms with Crippen molar-refractivity contribution < 1.29 is 29.0 Å². The number of thioether (sulfide) groups is 1. The number of aromatic hydroxyl groups is 1. The van der Waals surface area contributed by atoms with E-state index in [-0.39, 0.29) is 35.0 Å². The van der Waals surface area contributed by atoms with Gasteiger partial charge in [-0.15, -0.1) is 5.10 Å². The maximum Gasteiger partial charge on any atom is 0.323 e. The molecule has 0 unspecified atom stereocenters. The summed E-state index contributed by atoms with van der Waals surface area (Å²) in [6.45, 7) is 5.87. The van der Waals surface area contributed by atoms with Crippen LogP contribution in [0.15, 0.2) is 147 Å². The van der Waals surface area contributed by atoms with Gasteiger partial charge >= 0.3 is 12.1 Å². The van der Waals surface area contributed by atoms with Crippen LogP contribution in [0.2, 0.25) is 0 Å². The number of para-hydroxylation sites is 1. The number of urea groups is 2. The molecule has 73 heavy (non-hydrogen) atoms. The van der Waals surface area contributed by atoms with Gasteiger partial charge in [-0.1, -0.05) is 48.2 Å². The lowest BCUT2D eigenvalue weighted by Gasteiger charge is -2.14. The van der Waals surface area contributed by atoms with Crippen LogP contribution < -0.4 is 47.3 Å². The number of ketones is 1. The number of nitrogens with one attached hydrogen (secondary N) is 8. The Balaban J connectivity index is 0.762. The Morgan fingerprint density at radius 3 is 1.97 bits per heavy atom. The molecule has 1 aromatic heterocycles. The van der Waals surface area contributed by atoms with Crippen molar-refractivity contribution in [2.75, 3.05) is 59.4 Å². The first kappa shape index (κ1) is 49.1. The fraction of sp³-hybridized carbons (Fsp3) is 0.208. The molecule has 6 aromatic rings. The predicted molar refractivity (Wildman–Crippen MR) is 285 cm³/mol. The van der Waals surface area contributed by atoms with E-state index in [1.165, 1.54) is 23.9 Å². The largest absolute Gasteiger partial charge is 0.504 e. The van der Waals surface area contributed by atoms with Crippen LogP contribution in [0.4, 0.5) is 38.0 Å². The lowest BCUT2D eigenvalue weighted by Crippen LogP contribution is -2.25. The number of phenolic OH excluding ortho intramolecular Hbond substituents is 1. The fourth-order valence-electron chi connectivity index (χ4n) is 7.99. The summed E-state index contributed by atoms with van der Waals surface area (Å²) in [5, 5.41) is 43.8. The molecule has 3 aliphatic heterocycles. The molecule has 5 aromatic carbocycles. The number of aromatic nitrogens is 3. The summed E-state index contributed by atoms with van der Waals surface area (Å²) in [7, 11) is 0. The molecular formula is C53H53N13O6S. The number of phenols is 1. The Labute approximate surface area is 425 Å². The third-order valence-electron chi connectivity index (χ3n) is 11.6. The van der Waals surface area contributed by atoms with E-state index in [1.54, 1.807) is 65.5 Å². The lowest BCUT2D eigenvalue weighted by molar-refractivity contribution is -0.111. The molecule has 0 aliphatic carbocycles. The fourth-order valence-corrected chi connectivity index (χ4v) is 9.15. The van der Waals surface area contributed by atoms with Crippen LogP contribution in [0, 0.1) is 0 Å². The zero-order valence-electron chi connectivity index (χ0n) is 39.8. The van der Waals surface area contributed by atoms with Crippen LogP contribution in [-0.2, 0) is 17.9 Å². The molecule has 19 nitrogen and oxygen atoms in total. The zero-order chi connectivity index (χ0) is 50.5. The number of rotatable bonds is 19. The zero-order valence-corrected chi connectivity index (χ0v) is 40.6. The van der Waals surface area contributed by atoms with Gasteiger partial charge in [0.25, 0.3) is 5.91 Å². The third-order valence-corrected chi connectivity index (χ3v) is 12.7. The van der Waals surface area contributed by atoms with Crippen molar-refractivity contribution >= 4 is 81.7 Å². The van der Waals surface area contributed by atoms with Crippen molar-refractivity contribution in [1.82, 2.24) is 30.9 Å². The highest BCUT2D eigenvalue weighted by molar-refractivity contribution is 8.08. The molecule has 3 aliphatic rings. The summed E-state index contributed by atoms with van der Waals surface area (Å²) >= 11 is 1.39. The smallest absolute Gasteiger partial charge is 0.323 e. The van der Waals surface area contributed by atoms with E-state index in [1.807, 2.05) is 61.5 Å². The van der Waals surface area contributed by atoms with Crippen LogP contribution in [0.1, 0.15) is 58.9 Å². The summed E-state index contributed by atoms with van der Waals surface area (Å²) in [4.78, 5) is 62.7. The third kappa shape index (κ3) is 13.1. The van der Waals surface area contributed by atoms with Gasteiger partial charge in [-0.3, -0.25) is 24.3 Å². The van der Waals surface area contributed by atoms with Crippen molar-refractivity contribution in [3.05, 3.63) is 165 Å². The van der Waals surface area contributed by atoms with Gasteiger partial charge in [-0.25, -0.2) is 9.59 Å². The second-order valence-corrected chi connectivity index (χ2v) is 18.0. The number of hydrogen-bond donors (Lipinski definition) is 9. The lowest BCUT2D eigenvalue weighted by atomic mass is 10.1. The molecular weight excluding hydrogens is 947 g/mol. The Morgan fingerprint density at radius 1 is 0.753 bits per heavy atom. The van der Waals surface area contributed by atoms with E-state index in [0.29, 0.717) is 78.8 Å². The van der Waals surface area contributed by atoms with Gasteiger partial charge < -0.3 is 52.4 Å². The van der Waals surface area contributed by atoms with Crippen LogP contribution in [0.3, 0.4) is 0 Å². The molecule has 4 heterocycles. The predicted octanol–water partition coefficient (Wildman–Crippen LogP) is 8.15. The Hall–Kier alpha value is -8.91. The molecule has 0 atom stereocenters. The molecule has 0 saturated carbocycles. The molecule has 0 fully saturated rings. The second kappa shape index (κ2) is 23.3. The van der Waals surface area contributed by atoms with Crippen molar-refractivity contribution in [3.8, 4) is 11.5 Å². The SMILES string of the molecule is CCC1=C(Nc2ccccc2)S/C(=C\c2ccc(OCCCCn3cc(CNC(=O)c4cc(NC(=O)Nc5ccc(C6=NCCN6)cc5)cc(NC(=O)Nc5ccc(C6=NCCN6)cc5)c4)nn3)c(O)c2)C1=O. The number of hydrogen-bond acceptors (Lipinski definition) is 14. The molecule has 0 saturated heterocycles. The maximum absolute atomic E-state index is 13.6. The first-order valence-corrected chi connectivity index (χ1v) is 24.6. The first-order valence-electron chi connectivity index (χ1n) is 23.8. The van der Waals surface area contributed by atoms with Crippen molar-refractivity contribution in [1.29, 1.82) is 0 Å². The minimum absolute atomic E-state index is 0.0263. The van der Waals surface area contributed by atoms with Gasteiger partial charge in [0, 0.05) is 70.3 Å². The minimum atomic E-state index is -0.560. The highest BCUT2D eigenvalue weighted by Crippen LogP contribution is 2.41. The molecule has 5 amide bonds. The molecule has 372 valence electrons. The van der Waals surface area contributed by atoms with Gasteiger partial charge in [0.2, 0.25) is 0 Å². The summed E-state index contributed by atoms with van der Waals surface area (Å²) in [6, 6.07) is 32.7.